The fourth-order valence-corrected chi connectivity index (χ4v) is 5.36. The van der Waals surface area contributed by atoms with E-state index in [9.17, 15) is 0 Å². The van der Waals surface area contributed by atoms with Crippen molar-refractivity contribution in [2.75, 3.05) is 0 Å². The summed E-state index contributed by atoms with van der Waals surface area (Å²) in [6.07, 6.45) is 1.93. The molecule has 0 fully saturated rings. The lowest BCUT2D eigenvalue weighted by Gasteiger charge is -2.11. The zero-order valence-electron chi connectivity index (χ0n) is 21.2. The molecule has 0 aliphatic carbocycles. The molecule has 0 saturated carbocycles. The highest BCUT2D eigenvalue weighted by atomic mass is 15.0. The molecule has 5 aromatic carbocycles. The molecule has 0 atom stereocenters. The predicted octanol–water partition coefficient (Wildman–Crippen LogP) is 9.49. The van der Waals surface area contributed by atoms with Gasteiger partial charge in [-0.1, -0.05) is 91.0 Å². The fraction of sp³-hybridized carbons (Fsp3) is 0.0278. The van der Waals surface area contributed by atoms with Gasteiger partial charge in [0, 0.05) is 28.2 Å². The van der Waals surface area contributed by atoms with Crippen molar-refractivity contribution in [2.45, 2.75) is 6.92 Å². The van der Waals surface area contributed by atoms with Crippen molar-refractivity contribution >= 4 is 21.8 Å². The zero-order chi connectivity index (χ0) is 25.5. The maximum absolute atomic E-state index is 4.68. The second-order valence-electron chi connectivity index (χ2n) is 9.80. The molecule has 38 heavy (non-hydrogen) atoms. The molecule has 0 aliphatic rings. The van der Waals surface area contributed by atoms with Crippen molar-refractivity contribution in [3.05, 3.63) is 145 Å². The van der Waals surface area contributed by atoms with E-state index in [1.807, 2.05) is 6.20 Å². The Morgan fingerprint density at radius 3 is 1.61 bits per heavy atom. The number of rotatable bonds is 4. The summed E-state index contributed by atoms with van der Waals surface area (Å²) in [5.74, 6) is 0. The van der Waals surface area contributed by atoms with Gasteiger partial charge in [0.05, 0.1) is 16.7 Å². The summed E-state index contributed by atoms with van der Waals surface area (Å²) in [5, 5.41) is 2.50. The molecular weight excluding hydrogens is 460 g/mol. The topological polar surface area (TPSA) is 17.8 Å². The number of aryl methyl sites for hydroxylation is 1. The van der Waals surface area contributed by atoms with Gasteiger partial charge in [0.1, 0.15) is 0 Å². The first kappa shape index (κ1) is 22.3. The van der Waals surface area contributed by atoms with Crippen LogP contribution in [0.5, 0.6) is 0 Å². The molecule has 0 amide bonds. The molecule has 0 radical (unpaired) electrons. The van der Waals surface area contributed by atoms with Gasteiger partial charge < -0.3 is 4.57 Å². The molecule has 180 valence electrons. The summed E-state index contributed by atoms with van der Waals surface area (Å²) in [6, 6.07) is 47.8. The Labute approximate surface area is 222 Å². The van der Waals surface area contributed by atoms with Crippen LogP contribution in [0.2, 0.25) is 0 Å². The van der Waals surface area contributed by atoms with Gasteiger partial charge in [0.2, 0.25) is 0 Å². The number of aromatic nitrogens is 2. The normalized spacial score (nSPS) is 11.3. The Bertz CT molecular complexity index is 1800. The van der Waals surface area contributed by atoms with Gasteiger partial charge in [-0.2, -0.15) is 0 Å². The minimum atomic E-state index is 0.982. The van der Waals surface area contributed by atoms with E-state index >= 15 is 0 Å². The molecule has 0 unspecified atom stereocenters. The maximum Gasteiger partial charge on any atom is 0.0702 e. The Kier molecular flexibility index (Phi) is 5.37. The average molecular weight is 487 g/mol. The quantitative estimate of drug-likeness (QED) is 0.242. The third-order valence-corrected chi connectivity index (χ3v) is 7.29. The van der Waals surface area contributed by atoms with Gasteiger partial charge in [0.25, 0.3) is 0 Å². The predicted molar refractivity (Wildman–Crippen MR) is 160 cm³/mol. The van der Waals surface area contributed by atoms with Crippen molar-refractivity contribution in [1.29, 1.82) is 0 Å². The monoisotopic (exact) mass is 486 g/mol. The lowest BCUT2D eigenvalue weighted by Crippen LogP contribution is -1.95. The molecule has 7 aromatic rings. The van der Waals surface area contributed by atoms with Crippen LogP contribution in [-0.4, -0.2) is 9.55 Å². The van der Waals surface area contributed by atoms with Crippen LogP contribution < -0.4 is 0 Å². The van der Waals surface area contributed by atoms with Crippen LogP contribution >= 0.6 is 0 Å². The lowest BCUT2D eigenvalue weighted by molar-refractivity contribution is 1.18. The molecule has 0 spiro atoms. The highest BCUT2D eigenvalue weighted by molar-refractivity contribution is 6.11. The van der Waals surface area contributed by atoms with E-state index in [0.29, 0.717) is 0 Å². The van der Waals surface area contributed by atoms with E-state index in [-0.39, 0.29) is 0 Å². The second-order valence-corrected chi connectivity index (χ2v) is 9.80. The van der Waals surface area contributed by atoms with Gasteiger partial charge in [0.15, 0.2) is 0 Å². The van der Waals surface area contributed by atoms with E-state index < -0.39 is 0 Å². The summed E-state index contributed by atoms with van der Waals surface area (Å²) >= 11 is 0. The molecule has 2 aromatic heterocycles. The molecular formula is C36H26N2. The lowest BCUT2D eigenvalue weighted by atomic mass is 10.0. The molecule has 0 saturated heterocycles. The first-order chi connectivity index (χ1) is 18.7. The summed E-state index contributed by atoms with van der Waals surface area (Å²) < 4.78 is 2.38. The van der Waals surface area contributed by atoms with E-state index in [0.717, 1.165) is 22.5 Å². The Hall–Kier alpha value is -4.95. The van der Waals surface area contributed by atoms with Gasteiger partial charge in [-0.15, -0.1) is 0 Å². The minimum Gasteiger partial charge on any atom is -0.309 e. The van der Waals surface area contributed by atoms with Crippen molar-refractivity contribution < 1.29 is 0 Å². The SMILES string of the molecule is Cc1ccc(-c2cccc(-n3c4ccc(-c5ccccc5)cc4c4cc(-c5ccccc5)ccc43)c2)nc1. The Morgan fingerprint density at radius 1 is 0.474 bits per heavy atom. The highest BCUT2D eigenvalue weighted by Gasteiger charge is 2.15. The maximum atomic E-state index is 4.68. The third-order valence-electron chi connectivity index (χ3n) is 7.29. The van der Waals surface area contributed by atoms with Crippen LogP contribution in [0.4, 0.5) is 0 Å². The Morgan fingerprint density at radius 2 is 1.05 bits per heavy atom. The van der Waals surface area contributed by atoms with Crippen LogP contribution in [0.15, 0.2) is 140 Å². The van der Waals surface area contributed by atoms with Gasteiger partial charge in [-0.25, -0.2) is 0 Å². The summed E-state index contributed by atoms with van der Waals surface area (Å²) in [5.41, 5.74) is 11.7. The molecule has 7 rings (SSSR count). The minimum absolute atomic E-state index is 0.982. The van der Waals surface area contributed by atoms with Crippen molar-refractivity contribution in [1.82, 2.24) is 9.55 Å². The first-order valence-corrected chi connectivity index (χ1v) is 13.0. The van der Waals surface area contributed by atoms with Crippen molar-refractivity contribution in [3.8, 4) is 39.2 Å². The largest absolute Gasteiger partial charge is 0.309 e. The van der Waals surface area contributed by atoms with Gasteiger partial charge in [-0.05, 0) is 77.2 Å². The number of pyridine rings is 1. The molecule has 2 heterocycles. The van der Waals surface area contributed by atoms with Crippen molar-refractivity contribution in [3.63, 3.8) is 0 Å². The van der Waals surface area contributed by atoms with Crippen molar-refractivity contribution in [2.24, 2.45) is 0 Å². The third kappa shape index (κ3) is 3.88. The molecule has 0 N–H and O–H groups in total. The first-order valence-electron chi connectivity index (χ1n) is 13.0. The van der Waals surface area contributed by atoms with Gasteiger partial charge >= 0.3 is 0 Å². The van der Waals surface area contributed by atoms with Crippen LogP contribution in [0, 0.1) is 6.92 Å². The highest BCUT2D eigenvalue weighted by Crippen LogP contribution is 2.37. The van der Waals surface area contributed by atoms with E-state index in [4.69, 9.17) is 0 Å². The smallest absolute Gasteiger partial charge is 0.0702 e. The van der Waals surface area contributed by atoms with Gasteiger partial charge in [-0.3, -0.25) is 4.98 Å². The second kappa shape index (κ2) is 9.17. The zero-order valence-corrected chi connectivity index (χ0v) is 21.2. The van der Waals surface area contributed by atoms with Crippen LogP contribution in [0.1, 0.15) is 5.56 Å². The van der Waals surface area contributed by atoms with Crippen LogP contribution in [0.3, 0.4) is 0 Å². The number of hydrogen-bond donors (Lipinski definition) is 0. The Balaban J connectivity index is 1.48. The van der Waals surface area contributed by atoms with Crippen LogP contribution in [-0.2, 0) is 0 Å². The summed E-state index contributed by atoms with van der Waals surface area (Å²) in [6.45, 7) is 2.07. The number of nitrogens with zero attached hydrogens (tertiary/aromatic N) is 2. The average Bonchev–Trinajstić information content (AvgIpc) is 3.31. The van der Waals surface area contributed by atoms with E-state index in [2.05, 4.69) is 150 Å². The van der Waals surface area contributed by atoms with E-state index in [1.165, 1.54) is 44.1 Å². The standard InChI is InChI=1S/C36H26N2/c1-25-15-18-34(37-24-25)30-13-8-14-31(21-30)38-35-19-16-28(26-9-4-2-5-10-26)22-32(35)33-23-29(17-20-36(33)38)27-11-6-3-7-12-27/h2-24H,1H3. The summed E-state index contributed by atoms with van der Waals surface area (Å²) in [7, 11) is 0. The summed E-state index contributed by atoms with van der Waals surface area (Å²) in [4.78, 5) is 4.68. The number of hydrogen-bond acceptors (Lipinski definition) is 1. The van der Waals surface area contributed by atoms with Crippen LogP contribution in [0.25, 0.3) is 61.0 Å². The fourth-order valence-electron chi connectivity index (χ4n) is 5.36. The molecule has 0 aliphatic heterocycles. The van der Waals surface area contributed by atoms with E-state index in [1.54, 1.807) is 0 Å². The number of fused-ring (bicyclic) bond motifs is 3. The molecule has 2 heteroatoms. The number of benzene rings is 5. The molecule has 2 nitrogen and oxygen atoms in total. The molecule has 0 bridgehead atoms.